The molecule has 0 bridgehead atoms. The smallest absolute Gasteiger partial charge is 0.325 e. The van der Waals surface area contributed by atoms with Crippen LogP contribution in [0.2, 0.25) is 0 Å². The number of ether oxygens (including phenoxy) is 1. The standard InChI is InChI=1S/C28H27N5O7/c1-3-40-25(36)16-29-27-26(19-5-4-6-21(13-19)33(38)39)31-23-14-20(11-12-32(23)27)28(37)30-22(15-24(34)35)18-9-7-17(2)8-10-18/h4-14,22,29H,3,15-16H2,1-2H3,(H,30,37)(H,34,35). The number of nitro groups is 1. The Morgan fingerprint density at radius 3 is 2.55 bits per heavy atom. The maximum absolute atomic E-state index is 13.2. The molecule has 0 aliphatic rings. The van der Waals surface area contributed by atoms with E-state index in [1.165, 1.54) is 30.3 Å². The topological polar surface area (TPSA) is 165 Å². The highest BCUT2D eigenvalue weighted by molar-refractivity contribution is 5.96. The van der Waals surface area contributed by atoms with Crippen LogP contribution in [0.3, 0.4) is 0 Å². The van der Waals surface area contributed by atoms with Gasteiger partial charge >= 0.3 is 11.9 Å². The Kier molecular flexibility index (Phi) is 8.38. The molecule has 4 aromatic rings. The third-order valence-electron chi connectivity index (χ3n) is 6.09. The summed E-state index contributed by atoms with van der Waals surface area (Å²) in [6.45, 7) is 3.62. The Balaban J connectivity index is 1.70. The molecule has 3 N–H and O–H groups in total. The third-order valence-corrected chi connectivity index (χ3v) is 6.09. The van der Waals surface area contributed by atoms with Crippen molar-refractivity contribution >= 4 is 35.0 Å². The summed E-state index contributed by atoms with van der Waals surface area (Å²) < 4.78 is 6.60. The van der Waals surface area contributed by atoms with Gasteiger partial charge in [0.15, 0.2) is 0 Å². The lowest BCUT2D eigenvalue weighted by atomic mass is 10.0. The number of carbonyl (C=O) groups excluding carboxylic acids is 2. The van der Waals surface area contributed by atoms with Crippen LogP contribution in [-0.4, -0.2) is 50.4 Å². The summed E-state index contributed by atoms with van der Waals surface area (Å²) in [5.74, 6) is -1.69. The minimum atomic E-state index is -1.06. The number of nitrogens with zero attached hydrogens (tertiary/aromatic N) is 3. The lowest BCUT2D eigenvalue weighted by molar-refractivity contribution is -0.384. The molecule has 12 nitrogen and oxygen atoms in total. The van der Waals surface area contributed by atoms with Gasteiger partial charge in [0.05, 0.1) is 24.0 Å². The molecule has 0 saturated carbocycles. The Hall–Kier alpha value is -5.26. The number of carboxylic acid groups (broad SMARTS) is 1. The first-order chi connectivity index (χ1) is 19.2. The Bertz CT molecular complexity index is 1580. The number of non-ortho nitro benzene ring substituents is 1. The summed E-state index contributed by atoms with van der Waals surface area (Å²) in [5.41, 5.74) is 2.83. The minimum absolute atomic E-state index is 0.133. The quantitative estimate of drug-likeness (QED) is 0.143. The number of hydrogen-bond donors (Lipinski definition) is 3. The summed E-state index contributed by atoms with van der Waals surface area (Å²) in [5, 5.41) is 26.5. The number of nitro benzene ring substituents is 1. The number of fused-ring (bicyclic) bond motifs is 1. The van der Waals surface area contributed by atoms with Crippen LogP contribution >= 0.6 is 0 Å². The van der Waals surface area contributed by atoms with Gasteiger partial charge in [-0.25, -0.2) is 4.98 Å². The van der Waals surface area contributed by atoms with E-state index in [2.05, 4.69) is 15.6 Å². The number of benzene rings is 2. The van der Waals surface area contributed by atoms with Crippen LogP contribution in [0.25, 0.3) is 16.9 Å². The molecule has 0 spiro atoms. The molecular weight excluding hydrogens is 518 g/mol. The number of esters is 1. The number of hydrogen-bond acceptors (Lipinski definition) is 8. The second kappa shape index (κ2) is 12.1. The van der Waals surface area contributed by atoms with E-state index in [0.717, 1.165) is 5.56 Å². The second-order valence-electron chi connectivity index (χ2n) is 8.95. The number of carbonyl (C=O) groups is 3. The first-order valence-corrected chi connectivity index (χ1v) is 12.4. The highest BCUT2D eigenvalue weighted by Gasteiger charge is 2.22. The van der Waals surface area contributed by atoms with E-state index in [0.29, 0.717) is 28.3 Å². The van der Waals surface area contributed by atoms with Gasteiger partial charge in [0, 0.05) is 29.5 Å². The number of carboxylic acids is 1. The number of aromatic nitrogens is 2. The van der Waals surface area contributed by atoms with Crippen LogP contribution in [0.15, 0.2) is 66.9 Å². The number of rotatable bonds is 11. The number of pyridine rings is 1. The maximum atomic E-state index is 13.2. The lowest BCUT2D eigenvalue weighted by Crippen LogP contribution is -2.30. The molecule has 0 saturated heterocycles. The molecular formula is C28H27N5O7. The first kappa shape index (κ1) is 27.8. The van der Waals surface area contributed by atoms with E-state index < -0.39 is 28.8 Å². The fraction of sp³-hybridized carbons (Fsp3) is 0.214. The largest absolute Gasteiger partial charge is 0.481 e. The molecule has 0 fully saturated rings. The lowest BCUT2D eigenvalue weighted by Gasteiger charge is -2.18. The van der Waals surface area contributed by atoms with E-state index in [1.54, 1.807) is 35.7 Å². The molecule has 12 heteroatoms. The van der Waals surface area contributed by atoms with E-state index >= 15 is 0 Å². The highest BCUT2D eigenvalue weighted by atomic mass is 16.6. The molecule has 1 unspecified atom stereocenters. The molecule has 0 aliphatic carbocycles. The Morgan fingerprint density at radius 2 is 1.88 bits per heavy atom. The summed E-state index contributed by atoms with van der Waals surface area (Å²) in [7, 11) is 0. The molecule has 0 aliphatic heterocycles. The average molecular weight is 546 g/mol. The van der Waals surface area contributed by atoms with Gasteiger partial charge in [0.1, 0.15) is 23.7 Å². The number of anilines is 1. The predicted octanol–water partition coefficient (Wildman–Crippen LogP) is 4.14. The number of amides is 1. The normalized spacial score (nSPS) is 11.6. The summed E-state index contributed by atoms with van der Waals surface area (Å²) in [4.78, 5) is 52.1. The van der Waals surface area contributed by atoms with Gasteiger partial charge in [-0.2, -0.15) is 0 Å². The SMILES string of the molecule is CCOC(=O)CNc1c(-c2cccc([N+](=O)[O-])c2)nc2cc(C(=O)NC(CC(=O)O)c3ccc(C)cc3)ccn12. The molecule has 1 atom stereocenters. The molecule has 2 aromatic heterocycles. The van der Waals surface area contributed by atoms with Gasteiger partial charge in [-0.3, -0.25) is 28.9 Å². The fourth-order valence-electron chi connectivity index (χ4n) is 4.16. The monoisotopic (exact) mass is 545 g/mol. The zero-order valence-electron chi connectivity index (χ0n) is 21.8. The predicted molar refractivity (Wildman–Crippen MR) is 146 cm³/mol. The maximum Gasteiger partial charge on any atom is 0.325 e. The molecule has 2 aromatic carbocycles. The van der Waals surface area contributed by atoms with Gasteiger partial charge in [0.2, 0.25) is 0 Å². The van der Waals surface area contributed by atoms with Crippen LogP contribution in [0.5, 0.6) is 0 Å². The molecule has 2 heterocycles. The minimum Gasteiger partial charge on any atom is -0.481 e. The molecule has 0 radical (unpaired) electrons. The van der Waals surface area contributed by atoms with Crippen molar-refractivity contribution in [2.75, 3.05) is 18.5 Å². The molecule has 206 valence electrons. The zero-order valence-corrected chi connectivity index (χ0v) is 21.8. The molecule has 4 rings (SSSR count). The van der Waals surface area contributed by atoms with Crippen molar-refractivity contribution < 1.29 is 29.2 Å². The van der Waals surface area contributed by atoms with Gasteiger partial charge in [0.25, 0.3) is 11.6 Å². The van der Waals surface area contributed by atoms with Gasteiger partial charge in [-0.15, -0.1) is 0 Å². The third kappa shape index (κ3) is 6.41. The van der Waals surface area contributed by atoms with Crippen molar-refractivity contribution in [3.8, 4) is 11.3 Å². The number of nitrogens with one attached hydrogen (secondary N) is 2. The van der Waals surface area contributed by atoms with E-state index in [-0.39, 0.29) is 30.8 Å². The highest BCUT2D eigenvalue weighted by Crippen LogP contribution is 2.31. The van der Waals surface area contributed by atoms with E-state index in [9.17, 15) is 29.6 Å². The van der Waals surface area contributed by atoms with Crippen molar-refractivity contribution in [1.29, 1.82) is 0 Å². The zero-order chi connectivity index (χ0) is 28.8. The number of aryl methyl sites for hydroxylation is 1. The van der Waals surface area contributed by atoms with Gasteiger partial charge in [-0.05, 0) is 31.5 Å². The van der Waals surface area contributed by atoms with Crippen molar-refractivity contribution in [3.63, 3.8) is 0 Å². The number of aliphatic carboxylic acids is 1. The number of imidazole rings is 1. The molecule has 40 heavy (non-hydrogen) atoms. The van der Waals surface area contributed by atoms with Crippen LogP contribution < -0.4 is 10.6 Å². The average Bonchev–Trinajstić information content (AvgIpc) is 3.29. The van der Waals surface area contributed by atoms with E-state index in [1.807, 2.05) is 19.1 Å². The van der Waals surface area contributed by atoms with Crippen LogP contribution in [0, 0.1) is 17.0 Å². The first-order valence-electron chi connectivity index (χ1n) is 12.4. The van der Waals surface area contributed by atoms with Crippen molar-refractivity contribution in [2.45, 2.75) is 26.3 Å². The van der Waals surface area contributed by atoms with E-state index in [4.69, 9.17) is 4.74 Å². The van der Waals surface area contributed by atoms with Crippen molar-refractivity contribution in [3.05, 3.63) is 93.7 Å². The fourth-order valence-corrected chi connectivity index (χ4v) is 4.16. The summed E-state index contributed by atoms with van der Waals surface area (Å²) in [6.07, 6.45) is 1.27. The van der Waals surface area contributed by atoms with Crippen LogP contribution in [0.1, 0.15) is 40.9 Å². The van der Waals surface area contributed by atoms with Crippen molar-refractivity contribution in [2.24, 2.45) is 0 Å². The second-order valence-corrected chi connectivity index (χ2v) is 8.95. The van der Waals surface area contributed by atoms with Gasteiger partial charge in [-0.1, -0.05) is 42.0 Å². The van der Waals surface area contributed by atoms with Gasteiger partial charge < -0.3 is 20.5 Å². The molecule has 1 amide bonds. The van der Waals surface area contributed by atoms with Crippen molar-refractivity contribution in [1.82, 2.24) is 14.7 Å². The van der Waals surface area contributed by atoms with Crippen LogP contribution in [-0.2, 0) is 14.3 Å². The Morgan fingerprint density at radius 1 is 1.12 bits per heavy atom. The Labute approximate surface area is 228 Å². The summed E-state index contributed by atoms with van der Waals surface area (Å²) >= 11 is 0. The summed E-state index contributed by atoms with van der Waals surface area (Å²) in [6, 6.07) is 15.4. The van der Waals surface area contributed by atoms with Crippen LogP contribution in [0.4, 0.5) is 11.5 Å².